The van der Waals surface area contributed by atoms with Gasteiger partial charge in [0.05, 0.1) is 6.42 Å². The third-order valence-corrected chi connectivity index (χ3v) is 6.67. The van der Waals surface area contributed by atoms with Gasteiger partial charge in [0.25, 0.3) is 0 Å². The number of hydrogen-bond donors (Lipinski definition) is 1. The average Bonchev–Trinajstić information content (AvgIpc) is 2.91. The predicted octanol–water partition coefficient (Wildman–Crippen LogP) is 7.28. The summed E-state index contributed by atoms with van der Waals surface area (Å²) in [6.45, 7) is 0.539. The van der Waals surface area contributed by atoms with E-state index in [0.717, 1.165) is 22.3 Å². The smallest absolute Gasteiger partial charge is 0.247 e. The molecule has 4 rings (SSSR count). The van der Waals surface area contributed by atoms with Gasteiger partial charge in [0.2, 0.25) is 11.8 Å². The first-order valence-electron chi connectivity index (χ1n) is 11.7. The highest BCUT2D eigenvalue weighted by Gasteiger charge is 2.31. The summed E-state index contributed by atoms with van der Waals surface area (Å²) in [6, 6.07) is 30.2. The summed E-state index contributed by atoms with van der Waals surface area (Å²) >= 11 is 18.1. The summed E-state index contributed by atoms with van der Waals surface area (Å²) in [5.41, 5.74) is 3.29. The van der Waals surface area contributed by atoms with Crippen molar-refractivity contribution in [2.24, 2.45) is 0 Å². The van der Waals surface area contributed by atoms with Crippen LogP contribution < -0.4 is 5.32 Å². The zero-order valence-electron chi connectivity index (χ0n) is 19.9. The summed E-state index contributed by atoms with van der Waals surface area (Å²) in [6.07, 6.45) is 0.124. The molecule has 0 aliphatic rings. The number of rotatable bonds is 9. The Bertz CT molecular complexity index is 1330. The first-order chi connectivity index (χ1) is 17.9. The van der Waals surface area contributed by atoms with Gasteiger partial charge in [0, 0.05) is 28.2 Å². The highest BCUT2D eigenvalue weighted by molar-refractivity contribution is 6.31. The van der Waals surface area contributed by atoms with E-state index in [9.17, 15) is 9.59 Å². The van der Waals surface area contributed by atoms with E-state index in [1.54, 1.807) is 41.3 Å². The maximum Gasteiger partial charge on any atom is 0.247 e. The topological polar surface area (TPSA) is 49.4 Å². The molecule has 0 bridgehead atoms. The first kappa shape index (κ1) is 26.7. The van der Waals surface area contributed by atoms with Gasteiger partial charge in [-0.05, 0) is 58.7 Å². The minimum atomic E-state index is -0.844. The van der Waals surface area contributed by atoms with Crippen molar-refractivity contribution in [3.63, 3.8) is 0 Å². The van der Waals surface area contributed by atoms with Crippen molar-refractivity contribution in [2.75, 3.05) is 0 Å². The van der Waals surface area contributed by atoms with Crippen molar-refractivity contribution in [2.45, 2.75) is 25.6 Å². The molecule has 4 aromatic rings. The lowest BCUT2D eigenvalue weighted by Gasteiger charge is -2.32. The zero-order chi connectivity index (χ0) is 26.2. The van der Waals surface area contributed by atoms with Crippen LogP contribution in [0.25, 0.3) is 0 Å². The Labute approximate surface area is 231 Å². The van der Waals surface area contributed by atoms with Crippen LogP contribution in [0.5, 0.6) is 0 Å². The molecule has 0 fully saturated rings. The van der Waals surface area contributed by atoms with E-state index in [1.165, 1.54) is 0 Å². The van der Waals surface area contributed by atoms with Gasteiger partial charge in [-0.2, -0.15) is 0 Å². The van der Waals surface area contributed by atoms with Crippen LogP contribution in [0.3, 0.4) is 0 Å². The minimum Gasteiger partial charge on any atom is -0.350 e. The monoisotopic (exact) mass is 550 g/mol. The number of carbonyl (C=O) groups excluding carboxylic acids is 2. The highest BCUT2D eigenvalue weighted by atomic mass is 35.5. The van der Waals surface area contributed by atoms with Gasteiger partial charge < -0.3 is 10.2 Å². The number of hydrogen-bond acceptors (Lipinski definition) is 2. The normalized spacial score (nSPS) is 11.5. The molecular weight excluding hydrogens is 527 g/mol. The fourth-order valence-electron chi connectivity index (χ4n) is 3.98. The third kappa shape index (κ3) is 7.59. The molecule has 7 heteroatoms. The summed E-state index contributed by atoms with van der Waals surface area (Å²) in [7, 11) is 0. The molecule has 0 aliphatic heterocycles. The van der Waals surface area contributed by atoms with E-state index in [-0.39, 0.29) is 24.8 Å². The second kappa shape index (κ2) is 12.8. The molecule has 0 spiro atoms. The Kier molecular flexibility index (Phi) is 9.24. The van der Waals surface area contributed by atoms with Gasteiger partial charge in [0.15, 0.2) is 0 Å². The summed E-state index contributed by atoms with van der Waals surface area (Å²) < 4.78 is 0. The van der Waals surface area contributed by atoms with Crippen LogP contribution >= 0.6 is 34.8 Å². The summed E-state index contributed by atoms with van der Waals surface area (Å²) in [5.74, 6) is -0.465. The number of halogens is 3. The Morgan fingerprint density at radius 2 is 1.14 bits per heavy atom. The van der Waals surface area contributed by atoms with Crippen LogP contribution in [0.4, 0.5) is 0 Å². The van der Waals surface area contributed by atoms with Gasteiger partial charge in [-0.15, -0.1) is 0 Å². The fraction of sp³-hybridized carbons (Fsp3) is 0.133. The fourth-order valence-corrected chi connectivity index (χ4v) is 4.36. The van der Waals surface area contributed by atoms with E-state index in [2.05, 4.69) is 5.32 Å². The van der Waals surface area contributed by atoms with Gasteiger partial charge in [-0.25, -0.2) is 0 Å². The molecule has 4 aromatic carbocycles. The highest BCUT2D eigenvalue weighted by Crippen LogP contribution is 2.26. The van der Waals surface area contributed by atoms with Gasteiger partial charge >= 0.3 is 0 Å². The third-order valence-electron chi connectivity index (χ3n) is 5.91. The number of nitrogens with zero attached hydrogens (tertiary/aromatic N) is 1. The molecule has 37 heavy (non-hydrogen) atoms. The van der Waals surface area contributed by atoms with Crippen molar-refractivity contribution in [1.82, 2.24) is 10.2 Å². The quantitative estimate of drug-likeness (QED) is 0.238. The molecular formula is C30H25Cl3N2O2. The van der Waals surface area contributed by atoms with E-state index in [1.807, 2.05) is 66.7 Å². The summed E-state index contributed by atoms with van der Waals surface area (Å²) in [5, 5.41) is 4.82. The predicted molar refractivity (Wildman–Crippen MR) is 150 cm³/mol. The standard InChI is InChI=1S/C30H25Cl3N2O2/c31-25-12-6-21(7-13-25)18-28(36)35(20-23-10-16-27(33)17-11-23)29(24-4-2-1-3-5-24)30(37)34-19-22-8-14-26(32)15-9-22/h1-17,29H,18-20H2,(H,34,37)/t29-/m0/s1. The second-order valence-corrected chi connectivity index (χ2v) is 9.92. The molecule has 0 aliphatic carbocycles. The van der Waals surface area contributed by atoms with Gasteiger partial charge in [-0.1, -0.05) is 102 Å². The van der Waals surface area contributed by atoms with E-state index >= 15 is 0 Å². The zero-order valence-corrected chi connectivity index (χ0v) is 22.2. The van der Waals surface area contributed by atoms with Crippen LogP contribution in [0.1, 0.15) is 28.3 Å². The Hall–Kier alpha value is -3.31. The molecule has 0 aromatic heterocycles. The van der Waals surface area contributed by atoms with Gasteiger partial charge in [-0.3, -0.25) is 9.59 Å². The molecule has 4 nitrogen and oxygen atoms in total. The Morgan fingerprint density at radius 3 is 1.68 bits per heavy atom. The molecule has 0 saturated heterocycles. The van der Waals surface area contributed by atoms with Crippen LogP contribution in [0.15, 0.2) is 103 Å². The number of benzene rings is 4. The SMILES string of the molecule is O=C(NCc1ccc(Cl)cc1)[C@H](c1ccccc1)N(Cc1ccc(Cl)cc1)C(=O)Cc1ccc(Cl)cc1. The largest absolute Gasteiger partial charge is 0.350 e. The molecule has 0 unspecified atom stereocenters. The number of carbonyl (C=O) groups is 2. The molecule has 188 valence electrons. The lowest BCUT2D eigenvalue weighted by molar-refractivity contribution is -0.141. The summed E-state index contributed by atoms with van der Waals surface area (Å²) in [4.78, 5) is 29.1. The van der Waals surface area contributed by atoms with E-state index in [4.69, 9.17) is 34.8 Å². The van der Waals surface area contributed by atoms with Crippen LogP contribution in [0, 0.1) is 0 Å². The van der Waals surface area contributed by atoms with Crippen molar-refractivity contribution in [1.29, 1.82) is 0 Å². The molecule has 1 N–H and O–H groups in total. The lowest BCUT2D eigenvalue weighted by atomic mass is 10.0. The minimum absolute atomic E-state index is 0.124. The maximum absolute atomic E-state index is 13.8. The Balaban J connectivity index is 1.66. The van der Waals surface area contributed by atoms with Crippen molar-refractivity contribution < 1.29 is 9.59 Å². The maximum atomic E-state index is 13.8. The average molecular weight is 552 g/mol. The van der Waals surface area contributed by atoms with Gasteiger partial charge in [0.1, 0.15) is 6.04 Å². The molecule has 1 atom stereocenters. The number of amides is 2. The molecule has 2 amide bonds. The Morgan fingerprint density at radius 1 is 0.649 bits per heavy atom. The van der Waals surface area contributed by atoms with Crippen LogP contribution in [0.2, 0.25) is 15.1 Å². The van der Waals surface area contributed by atoms with Crippen molar-refractivity contribution in [3.8, 4) is 0 Å². The lowest BCUT2D eigenvalue weighted by Crippen LogP contribution is -2.43. The molecule has 0 heterocycles. The molecule has 0 saturated carbocycles. The van der Waals surface area contributed by atoms with E-state index in [0.29, 0.717) is 21.6 Å². The second-order valence-electron chi connectivity index (χ2n) is 8.61. The molecule has 0 radical (unpaired) electrons. The van der Waals surface area contributed by atoms with Crippen LogP contribution in [-0.4, -0.2) is 16.7 Å². The van der Waals surface area contributed by atoms with Crippen molar-refractivity contribution >= 4 is 46.6 Å². The first-order valence-corrected chi connectivity index (χ1v) is 12.9. The number of nitrogens with one attached hydrogen (secondary N) is 1. The van der Waals surface area contributed by atoms with Crippen LogP contribution in [-0.2, 0) is 29.1 Å². The van der Waals surface area contributed by atoms with Crippen molar-refractivity contribution in [3.05, 3.63) is 140 Å². The van der Waals surface area contributed by atoms with E-state index < -0.39 is 6.04 Å².